The van der Waals surface area contributed by atoms with E-state index in [4.69, 9.17) is 9.47 Å². The van der Waals surface area contributed by atoms with E-state index in [0.717, 1.165) is 28.7 Å². The smallest absolute Gasteiger partial charge is 0.256 e. The van der Waals surface area contributed by atoms with Crippen LogP contribution in [0.5, 0.6) is 11.5 Å². The predicted molar refractivity (Wildman–Crippen MR) is 101 cm³/mol. The van der Waals surface area contributed by atoms with Gasteiger partial charge in [-0.05, 0) is 29.8 Å². The van der Waals surface area contributed by atoms with Gasteiger partial charge in [-0.3, -0.25) is 4.79 Å². The number of carbonyl (C=O) groups is 1. The second-order valence-electron chi connectivity index (χ2n) is 6.95. The molecule has 2 rings (SSSR count). The van der Waals surface area contributed by atoms with Crippen LogP contribution in [0, 0.1) is 0 Å². The largest absolute Gasteiger partial charge is 0.493 e. The van der Waals surface area contributed by atoms with Crippen LogP contribution in [0.15, 0.2) is 42.5 Å². The highest BCUT2D eigenvalue weighted by Gasteiger charge is 2.19. The van der Waals surface area contributed by atoms with Crippen LogP contribution < -0.4 is 14.8 Å². The Morgan fingerprint density at radius 3 is 2.16 bits per heavy atom. The van der Waals surface area contributed by atoms with E-state index in [1.54, 1.807) is 20.3 Å². The van der Waals surface area contributed by atoms with Gasteiger partial charge in [-0.15, -0.1) is 0 Å². The van der Waals surface area contributed by atoms with Gasteiger partial charge in [-0.25, -0.2) is 0 Å². The maximum absolute atomic E-state index is 12.8. The van der Waals surface area contributed by atoms with Crippen molar-refractivity contribution in [3.8, 4) is 11.5 Å². The summed E-state index contributed by atoms with van der Waals surface area (Å²) in [7, 11) is 9.56. The standard InChI is InChI=1S/C20H26N2O3/c1-22(2,3)12-11-15-13-18(24-4)19(25-5)14-17(15)20(23)21-16-9-7-6-8-10-16/h6-10,13-14H,11-12H2,1-5H3/p+1. The van der Waals surface area contributed by atoms with Crippen molar-refractivity contribution in [3.05, 3.63) is 53.6 Å². The fourth-order valence-corrected chi connectivity index (χ4v) is 2.52. The maximum Gasteiger partial charge on any atom is 0.256 e. The van der Waals surface area contributed by atoms with Crippen molar-refractivity contribution in [3.63, 3.8) is 0 Å². The molecule has 0 fully saturated rings. The molecule has 2 aromatic carbocycles. The fraction of sp³-hybridized carbons (Fsp3) is 0.350. The lowest BCUT2D eigenvalue weighted by molar-refractivity contribution is -0.870. The van der Waals surface area contributed by atoms with Gasteiger partial charge in [0, 0.05) is 17.7 Å². The predicted octanol–water partition coefficient (Wildman–Crippen LogP) is 3.20. The van der Waals surface area contributed by atoms with Gasteiger partial charge < -0.3 is 19.3 Å². The van der Waals surface area contributed by atoms with Crippen LogP contribution in [0.2, 0.25) is 0 Å². The van der Waals surface area contributed by atoms with Gasteiger partial charge in [0.15, 0.2) is 11.5 Å². The summed E-state index contributed by atoms with van der Waals surface area (Å²) >= 11 is 0. The molecule has 0 radical (unpaired) electrons. The van der Waals surface area contributed by atoms with Gasteiger partial charge in [0.05, 0.1) is 41.9 Å². The summed E-state index contributed by atoms with van der Waals surface area (Å²) in [5, 5.41) is 2.94. The number of rotatable bonds is 7. The maximum atomic E-state index is 12.8. The highest BCUT2D eigenvalue weighted by molar-refractivity contribution is 6.05. The van der Waals surface area contributed by atoms with E-state index in [-0.39, 0.29) is 5.91 Å². The lowest BCUT2D eigenvalue weighted by Gasteiger charge is -2.24. The number of anilines is 1. The SMILES string of the molecule is COc1cc(CC[N+](C)(C)C)c(C(=O)Nc2ccccc2)cc1OC. The first-order valence-electron chi connectivity index (χ1n) is 8.26. The summed E-state index contributed by atoms with van der Waals surface area (Å²) in [6.07, 6.45) is 0.765. The lowest BCUT2D eigenvalue weighted by Crippen LogP contribution is -2.36. The third-order valence-corrected chi connectivity index (χ3v) is 3.94. The first kappa shape index (κ1) is 18.8. The molecule has 25 heavy (non-hydrogen) atoms. The van der Waals surface area contributed by atoms with Crippen LogP contribution in [0.3, 0.4) is 0 Å². The molecular formula is C20H27N2O3+. The molecule has 0 aliphatic carbocycles. The third-order valence-electron chi connectivity index (χ3n) is 3.94. The quantitative estimate of drug-likeness (QED) is 0.786. The summed E-state index contributed by atoms with van der Waals surface area (Å²) in [5.74, 6) is 1.04. The van der Waals surface area contributed by atoms with Crippen molar-refractivity contribution in [1.82, 2.24) is 0 Å². The molecule has 0 saturated carbocycles. The van der Waals surface area contributed by atoms with E-state index < -0.39 is 0 Å². The van der Waals surface area contributed by atoms with Crippen LogP contribution in [0.4, 0.5) is 5.69 Å². The summed E-state index contributed by atoms with van der Waals surface area (Å²) in [6, 6.07) is 13.1. The van der Waals surface area contributed by atoms with Crippen molar-refractivity contribution >= 4 is 11.6 Å². The summed E-state index contributed by atoms with van der Waals surface area (Å²) < 4.78 is 11.6. The zero-order valence-corrected chi connectivity index (χ0v) is 15.6. The molecule has 0 heterocycles. The van der Waals surface area contributed by atoms with Gasteiger partial charge in [0.1, 0.15) is 0 Å². The number of hydrogen-bond acceptors (Lipinski definition) is 3. The molecule has 5 nitrogen and oxygen atoms in total. The molecule has 2 aromatic rings. The molecule has 0 aromatic heterocycles. The Hall–Kier alpha value is -2.53. The van der Waals surface area contributed by atoms with E-state index in [0.29, 0.717) is 17.1 Å². The first-order chi connectivity index (χ1) is 11.8. The Kier molecular flexibility index (Phi) is 6.04. The lowest BCUT2D eigenvalue weighted by atomic mass is 10.0. The van der Waals surface area contributed by atoms with E-state index in [2.05, 4.69) is 26.5 Å². The van der Waals surface area contributed by atoms with Crippen molar-refractivity contribution in [2.24, 2.45) is 0 Å². The Bertz CT molecular complexity index is 722. The highest BCUT2D eigenvalue weighted by atomic mass is 16.5. The molecule has 0 aliphatic heterocycles. The molecular weight excluding hydrogens is 316 g/mol. The highest BCUT2D eigenvalue weighted by Crippen LogP contribution is 2.31. The van der Waals surface area contributed by atoms with Crippen LogP contribution in [-0.2, 0) is 6.42 Å². The van der Waals surface area contributed by atoms with Crippen LogP contribution in [0.1, 0.15) is 15.9 Å². The normalized spacial score (nSPS) is 11.1. The molecule has 0 unspecified atom stereocenters. The first-order valence-corrected chi connectivity index (χ1v) is 8.26. The van der Waals surface area contributed by atoms with E-state index in [9.17, 15) is 4.79 Å². The molecule has 0 aliphatic rings. The number of likely N-dealkylation sites (N-methyl/N-ethyl adjacent to an activating group) is 1. The van der Waals surface area contributed by atoms with Crippen molar-refractivity contribution in [2.75, 3.05) is 47.2 Å². The number of nitrogens with one attached hydrogen (secondary N) is 1. The monoisotopic (exact) mass is 343 g/mol. The van der Waals surface area contributed by atoms with E-state index >= 15 is 0 Å². The number of carbonyl (C=O) groups excluding carboxylic acids is 1. The van der Waals surface area contributed by atoms with Crippen LogP contribution in [-0.4, -0.2) is 52.3 Å². The Morgan fingerprint density at radius 2 is 1.60 bits per heavy atom. The van der Waals surface area contributed by atoms with E-state index in [1.807, 2.05) is 36.4 Å². The average molecular weight is 343 g/mol. The topological polar surface area (TPSA) is 47.6 Å². The van der Waals surface area contributed by atoms with E-state index in [1.165, 1.54) is 0 Å². The number of nitrogens with zero attached hydrogens (tertiary/aromatic N) is 1. The average Bonchev–Trinajstić information content (AvgIpc) is 2.59. The molecule has 0 spiro atoms. The van der Waals surface area contributed by atoms with Gasteiger partial charge in [0.25, 0.3) is 5.91 Å². The molecule has 0 saturated heterocycles. The number of para-hydroxylation sites is 1. The van der Waals surface area contributed by atoms with Crippen molar-refractivity contribution < 1.29 is 18.8 Å². The zero-order valence-electron chi connectivity index (χ0n) is 15.6. The Labute approximate surface area is 149 Å². The molecule has 134 valence electrons. The Balaban J connectivity index is 2.36. The van der Waals surface area contributed by atoms with Gasteiger partial charge in [-0.1, -0.05) is 18.2 Å². The second-order valence-corrected chi connectivity index (χ2v) is 6.95. The number of quaternary nitrogens is 1. The third kappa shape index (κ3) is 5.22. The fourth-order valence-electron chi connectivity index (χ4n) is 2.52. The number of amides is 1. The molecule has 0 atom stereocenters. The zero-order chi connectivity index (χ0) is 18.4. The molecule has 0 bridgehead atoms. The Morgan fingerprint density at radius 1 is 1.00 bits per heavy atom. The molecule has 5 heteroatoms. The van der Waals surface area contributed by atoms with Crippen LogP contribution >= 0.6 is 0 Å². The summed E-state index contributed by atoms with van der Waals surface area (Å²) in [5.41, 5.74) is 2.31. The molecule has 1 amide bonds. The van der Waals surface area contributed by atoms with Gasteiger partial charge >= 0.3 is 0 Å². The summed E-state index contributed by atoms with van der Waals surface area (Å²) in [4.78, 5) is 12.8. The van der Waals surface area contributed by atoms with Crippen molar-refractivity contribution in [1.29, 1.82) is 0 Å². The number of methoxy groups -OCH3 is 2. The summed E-state index contributed by atoms with van der Waals surface area (Å²) in [6.45, 7) is 0.904. The molecule has 1 N–H and O–H groups in total. The van der Waals surface area contributed by atoms with Crippen molar-refractivity contribution in [2.45, 2.75) is 6.42 Å². The number of ether oxygens (including phenoxy) is 2. The van der Waals surface area contributed by atoms with Gasteiger partial charge in [-0.2, -0.15) is 0 Å². The van der Waals surface area contributed by atoms with Crippen LogP contribution in [0.25, 0.3) is 0 Å². The minimum Gasteiger partial charge on any atom is -0.493 e. The number of hydrogen-bond donors (Lipinski definition) is 1. The minimum absolute atomic E-state index is 0.149. The minimum atomic E-state index is -0.149. The second kappa shape index (κ2) is 8.03. The number of benzene rings is 2. The van der Waals surface area contributed by atoms with Gasteiger partial charge in [0.2, 0.25) is 0 Å².